The lowest BCUT2D eigenvalue weighted by Crippen LogP contribution is -2.22. The summed E-state index contributed by atoms with van der Waals surface area (Å²) in [5.74, 6) is 1.09. The van der Waals surface area contributed by atoms with Gasteiger partial charge in [-0.1, -0.05) is 11.6 Å². The van der Waals surface area contributed by atoms with Gasteiger partial charge in [-0.2, -0.15) is 0 Å². The minimum Gasteiger partial charge on any atom is -0.486 e. The number of alkyl halides is 1. The maximum Gasteiger partial charge on any atom is 0.162 e. The van der Waals surface area contributed by atoms with Gasteiger partial charge in [0, 0.05) is 17.3 Å². The van der Waals surface area contributed by atoms with Crippen LogP contribution in [0.3, 0.4) is 0 Å². The first kappa shape index (κ1) is 14.8. The molecule has 106 valence electrons. The Kier molecular flexibility index (Phi) is 4.18. The highest BCUT2D eigenvalue weighted by molar-refractivity contribution is 7.91. The lowest BCUT2D eigenvalue weighted by molar-refractivity contribution is 0.171. The van der Waals surface area contributed by atoms with E-state index in [-0.39, 0.29) is 0 Å². The molecule has 0 saturated carbocycles. The third-order valence-corrected chi connectivity index (χ3v) is 5.76. The number of hydrogen-bond acceptors (Lipinski definition) is 4. The fourth-order valence-corrected chi connectivity index (χ4v) is 3.41. The molecule has 19 heavy (non-hydrogen) atoms. The summed E-state index contributed by atoms with van der Waals surface area (Å²) < 4.78 is 34.0. The zero-order valence-corrected chi connectivity index (χ0v) is 12.8. The van der Waals surface area contributed by atoms with Crippen molar-refractivity contribution in [2.45, 2.75) is 17.6 Å². The minimum atomic E-state index is -3.25. The number of halogens is 2. The van der Waals surface area contributed by atoms with Gasteiger partial charge in [0.15, 0.2) is 21.3 Å². The molecule has 0 spiro atoms. The van der Waals surface area contributed by atoms with E-state index < -0.39 is 20.5 Å². The van der Waals surface area contributed by atoms with E-state index in [0.717, 1.165) is 6.26 Å². The van der Waals surface area contributed by atoms with Crippen molar-refractivity contribution in [2.24, 2.45) is 0 Å². The molecule has 1 heterocycles. The second-order valence-corrected chi connectivity index (χ2v) is 7.73. The molecule has 1 aliphatic rings. The van der Waals surface area contributed by atoms with E-state index in [2.05, 4.69) is 0 Å². The van der Waals surface area contributed by atoms with Crippen molar-refractivity contribution >= 4 is 33.0 Å². The van der Waals surface area contributed by atoms with Gasteiger partial charge in [-0.3, -0.25) is 0 Å². The topological polar surface area (TPSA) is 52.6 Å². The molecule has 2 rings (SSSR count). The number of rotatable bonds is 3. The highest BCUT2D eigenvalue weighted by atomic mass is 35.5. The number of benzene rings is 1. The number of sulfone groups is 1. The molecule has 0 saturated heterocycles. The van der Waals surface area contributed by atoms with Crippen LogP contribution in [0.15, 0.2) is 12.1 Å². The van der Waals surface area contributed by atoms with Crippen LogP contribution in [-0.2, 0) is 9.84 Å². The van der Waals surface area contributed by atoms with E-state index in [0.29, 0.717) is 35.3 Å². The van der Waals surface area contributed by atoms with Gasteiger partial charge in [-0.25, -0.2) is 8.42 Å². The third-order valence-electron chi connectivity index (χ3n) is 3.05. The first-order chi connectivity index (χ1) is 8.80. The van der Waals surface area contributed by atoms with Gasteiger partial charge in [0.1, 0.15) is 13.2 Å². The summed E-state index contributed by atoms with van der Waals surface area (Å²) in [4.78, 5) is 0. The van der Waals surface area contributed by atoms with Crippen LogP contribution in [0.5, 0.6) is 11.5 Å². The largest absolute Gasteiger partial charge is 0.486 e. The van der Waals surface area contributed by atoms with Crippen LogP contribution in [0.4, 0.5) is 0 Å². The van der Waals surface area contributed by atoms with Gasteiger partial charge >= 0.3 is 0 Å². The third kappa shape index (κ3) is 3.09. The van der Waals surface area contributed by atoms with Crippen LogP contribution in [0.2, 0.25) is 5.02 Å². The predicted molar refractivity (Wildman–Crippen MR) is 75.3 cm³/mol. The normalized spacial score (nSPS) is 17.9. The van der Waals surface area contributed by atoms with Gasteiger partial charge < -0.3 is 9.47 Å². The summed E-state index contributed by atoms with van der Waals surface area (Å²) in [6.45, 7) is 2.47. The molecule has 0 aliphatic carbocycles. The first-order valence-electron chi connectivity index (χ1n) is 5.72. The van der Waals surface area contributed by atoms with Crippen LogP contribution in [-0.4, -0.2) is 33.1 Å². The Morgan fingerprint density at radius 2 is 1.74 bits per heavy atom. The number of fused-ring (bicyclic) bond motifs is 1. The lowest BCUT2D eigenvalue weighted by atomic mass is 10.1. The molecule has 2 atom stereocenters. The molecular weight excluding hydrogens is 311 g/mol. The summed E-state index contributed by atoms with van der Waals surface area (Å²) in [6, 6.07) is 3.26. The molecule has 1 aromatic carbocycles. The van der Waals surface area contributed by atoms with Crippen molar-refractivity contribution in [3.8, 4) is 11.5 Å². The fraction of sp³-hybridized carbons (Fsp3) is 0.500. The second kappa shape index (κ2) is 5.38. The van der Waals surface area contributed by atoms with E-state index in [4.69, 9.17) is 32.7 Å². The Bertz CT molecular complexity index is 586. The van der Waals surface area contributed by atoms with Crippen molar-refractivity contribution in [2.75, 3.05) is 19.5 Å². The summed E-state index contributed by atoms with van der Waals surface area (Å²) in [5.41, 5.74) is 0.533. The van der Waals surface area contributed by atoms with E-state index in [1.165, 1.54) is 0 Å². The highest BCUT2D eigenvalue weighted by Crippen LogP contribution is 2.41. The molecule has 7 heteroatoms. The van der Waals surface area contributed by atoms with Gasteiger partial charge in [0.05, 0.1) is 10.6 Å². The summed E-state index contributed by atoms with van der Waals surface area (Å²) in [6.07, 6.45) is 1.15. The Morgan fingerprint density at radius 3 is 2.26 bits per heavy atom. The maximum atomic E-state index is 11.6. The second-order valence-electron chi connectivity index (χ2n) is 4.45. The maximum absolute atomic E-state index is 11.6. The van der Waals surface area contributed by atoms with E-state index >= 15 is 0 Å². The van der Waals surface area contributed by atoms with Crippen LogP contribution in [0.25, 0.3) is 0 Å². The van der Waals surface area contributed by atoms with E-state index in [1.54, 1.807) is 19.1 Å². The molecule has 0 bridgehead atoms. The molecule has 0 aromatic heterocycles. The molecule has 2 unspecified atom stereocenters. The van der Waals surface area contributed by atoms with Crippen LogP contribution < -0.4 is 9.47 Å². The smallest absolute Gasteiger partial charge is 0.162 e. The zero-order chi connectivity index (χ0) is 14.2. The Hall–Kier alpha value is -0.650. The summed E-state index contributed by atoms with van der Waals surface area (Å²) in [7, 11) is -3.25. The fourth-order valence-electron chi connectivity index (χ4n) is 1.76. The quantitative estimate of drug-likeness (QED) is 0.802. The SMILES string of the molecule is CC(C(Cl)c1cc2c(cc1Cl)OCCO2)S(C)(=O)=O. The van der Waals surface area contributed by atoms with Gasteiger partial charge in [0.2, 0.25) is 0 Å². The van der Waals surface area contributed by atoms with Gasteiger partial charge in [-0.05, 0) is 18.6 Å². The molecular formula is C12H14Cl2O4S. The molecule has 1 aliphatic heterocycles. The summed E-state index contributed by atoms with van der Waals surface area (Å²) >= 11 is 12.4. The minimum absolute atomic E-state index is 0.375. The average molecular weight is 325 g/mol. The molecule has 0 N–H and O–H groups in total. The standard InChI is InChI=1S/C12H14Cl2O4S/c1-7(19(2,15)16)12(14)8-5-10-11(6-9(8)13)18-4-3-17-10/h5-7,12H,3-4H2,1-2H3. The van der Waals surface area contributed by atoms with E-state index in [1.807, 2.05) is 0 Å². The predicted octanol–water partition coefficient (Wildman–Crippen LogP) is 2.82. The Balaban J connectivity index is 2.40. The summed E-state index contributed by atoms with van der Waals surface area (Å²) in [5, 5.41) is -1.10. The average Bonchev–Trinajstić information content (AvgIpc) is 2.35. The molecule has 0 fully saturated rings. The van der Waals surface area contributed by atoms with Gasteiger partial charge in [-0.15, -0.1) is 11.6 Å². The van der Waals surface area contributed by atoms with Crippen molar-refractivity contribution < 1.29 is 17.9 Å². The van der Waals surface area contributed by atoms with E-state index in [9.17, 15) is 8.42 Å². The molecule has 4 nitrogen and oxygen atoms in total. The monoisotopic (exact) mass is 324 g/mol. The Labute approximate surface area is 122 Å². The Morgan fingerprint density at radius 1 is 1.21 bits per heavy atom. The first-order valence-corrected chi connectivity index (χ1v) is 8.49. The number of ether oxygens (including phenoxy) is 2. The van der Waals surface area contributed by atoms with Crippen LogP contribution >= 0.6 is 23.2 Å². The molecule has 0 radical (unpaired) electrons. The van der Waals surface area contributed by atoms with Crippen molar-refractivity contribution in [1.82, 2.24) is 0 Å². The molecule has 1 aromatic rings. The van der Waals surface area contributed by atoms with Crippen molar-refractivity contribution in [3.05, 3.63) is 22.7 Å². The van der Waals surface area contributed by atoms with Crippen LogP contribution in [0, 0.1) is 0 Å². The molecule has 0 amide bonds. The lowest BCUT2D eigenvalue weighted by Gasteiger charge is -2.23. The highest BCUT2D eigenvalue weighted by Gasteiger charge is 2.28. The van der Waals surface area contributed by atoms with Crippen LogP contribution in [0.1, 0.15) is 17.9 Å². The number of hydrogen-bond donors (Lipinski definition) is 0. The van der Waals surface area contributed by atoms with Crippen molar-refractivity contribution in [1.29, 1.82) is 0 Å². The van der Waals surface area contributed by atoms with Gasteiger partial charge in [0.25, 0.3) is 0 Å². The zero-order valence-electron chi connectivity index (χ0n) is 10.5. The van der Waals surface area contributed by atoms with Crippen molar-refractivity contribution in [3.63, 3.8) is 0 Å².